The Morgan fingerprint density at radius 3 is 2.35 bits per heavy atom. The van der Waals surface area contributed by atoms with Gasteiger partial charge in [0, 0.05) is 23.6 Å². The number of nitrogens with one attached hydrogen (secondary N) is 3. The number of tetrazole rings is 1. The van der Waals surface area contributed by atoms with E-state index in [9.17, 15) is 0 Å². The lowest BCUT2D eigenvalue weighted by Gasteiger charge is -2.10. The maximum atomic E-state index is 9.16. The molecule has 0 aliphatic heterocycles. The van der Waals surface area contributed by atoms with Crippen molar-refractivity contribution in [2.45, 2.75) is 5.92 Å². The first kappa shape index (κ1) is 14.5. The van der Waals surface area contributed by atoms with E-state index in [1.54, 1.807) is 0 Å². The highest BCUT2D eigenvalue weighted by molar-refractivity contribution is 5.62. The minimum Gasteiger partial charge on any atom is -0.383 e. The molecular weight excluding hydrogens is 290 g/mol. The van der Waals surface area contributed by atoms with Gasteiger partial charge in [-0.15, -0.1) is 10.2 Å². The zero-order valence-corrected chi connectivity index (χ0v) is 12.3. The molecule has 114 valence electrons. The number of rotatable bonds is 6. The first-order valence-corrected chi connectivity index (χ1v) is 7.14. The van der Waals surface area contributed by atoms with E-state index < -0.39 is 5.92 Å². The molecule has 0 radical (unpaired) electrons. The van der Waals surface area contributed by atoms with Crippen molar-refractivity contribution in [2.75, 3.05) is 17.2 Å². The van der Waals surface area contributed by atoms with Crippen molar-refractivity contribution in [3.8, 4) is 6.07 Å². The fourth-order valence-electron chi connectivity index (χ4n) is 2.09. The number of aromatic amines is 1. The van der Waals surface area contributed by atoms with Gasteiger partial charge in [-0.05, 0) is 36.4 Å². The van der Waals surface area contributed by atoms with E-state index in [0.717, 1.165) is 17.1 Å². The van der Waals surface area contributed by atoms with Crippen LogP contribution < -0.4 is 10.6 Å². The minimum absolute atomic E-state index is 0.391. The molecule has 1 atom stereocenters. The normalized spacial score (nSPS) is 11.4. The molecule has 1 heterocycles. The first-order chi connectivity index (χ1) is 11.3. The number of benzene rings is 2. The Morgan fingerprint density at radius 1 is 1.00 bits per heavy atom. The van der Waals surface area contributed by atoms with E-state index in [1.165, 1.54) is 0 Å². The van der Waals surface area contributed by atoms with E-state index in [-0.39, 0.29) is 0 Å². The van der Waals surface area contributed by atoms with Crippen molar-refractivity contribution < 1.29 is 0 Å². The summed E-state index contributed by atoms with van der Waals surface area (Å²) in [4.78, 5) is 0. The molecule has 23 heavy (non-hydrogen) atoms. The van der Waals surface area contributed by atoms with Crippen LogP contribution in [-0.4, -0.2) is 27.2 Å². The molecule has 0 saturated carbocycles. The van der Waals surface area contributed by atoms with Gasteiger partial charge in [0.15, 0.2) is 5.82 Å². The van der Waals surface area contributed by atoms with Crippen molar-refractivity contribution in [3.63, 3.8) is 0 Å². The fraction of sp³-hybridized carbons (Fsp3) is 0.125. The van der Waals surface area contributed by atoms with Gasteiger partial charge in [-0.3, -0.25) is 0 Å². The van der Waals surface area contributed by atoms with Crippen LogP contribution >= 0.6 is 0 Å². The van der Waals surface area contributed by atoms with Crippen LogP contribution in [0.2, 0.25) is 0 Å². The van der Waals surface area contributed by atoms with Gasteiger partial charge in [0.05, 0.1) is 6.07 Å². The van der Waals surface area contributed by atoms with Gasteiger partial charge in [-0.1, -0.05) is 23.4 Å². The van der Waals surface area contributed by atoms with Crippen LogP contribution in [0.3, 0.4) is 0 Å². The van der Waals surface area contributed by atoms with Gasteiger partial charge in [0.25, 0.3) is 0 Å². The highest BCUT2D eigenvalue weighted by atomic mass is 15.5. The highest BCUT2D eigenvalue weighted by Gasteiger charge is 2.14. The Balaban J connectivity index is 1.58. The molecule has 0 bridgehead atoms. The second-order valence-electron chi connectivity index (χ2n) is 4.90. The van der Waals surface area contributed by atoms with Gasteiger partial charge in [-0.2, -0.15) is 10.5 Å². The zero-order chi connectivity index (χ0) is 15.9. The summed E-state index contributed by atoms with van der Waals surface area (Å²) < 4.78 is 0. The third-order valence-electron chi connectivity index (χ3n) is 3.29. The van der Waals surface area contributed by atoms with Crippen molar-refractivity contribution in [2.24, 2.45) is 0 Å². The highest BCUT2D eigenvalue weighted by Crippen LogP contribution is 2.19. The third-order valence-corrected chi connectivity index (χ3v) is 3.29. The largest absolute Gasteiger partial charge is 0.383 e. The molecule has 3 rings (SSSR count). The number of hydrogen-bond donors (Lipinski definition) is 3. The van der Waals surface area contributed by atoms with Crippen LogP contribution in [0.15, 0.2) is 54.6 Å². The number of aromatic nitrogens is 4. The number of anilines is 3. The maximum absolute atomic E-state index is 9.16. The van der Waals surface area contributed by atoms with Crippen molar-refractivity contribution >= 4 is 17.1 Å². The zero-order valence-electron chi connectivity index (χ0n) is 12.3. The lowest BCUT2D eigenvalue weighted by Crippen LogP contribution is -2.12. The second kappa shape index (κ2) is 7.04. The molecule has 0 fully saturated rings. The van der Waals surface area contributed by atoms with E-state index in [1.807, 2.05) is 54.6 Å². The van der Waals surface area contributed by atoms with E-state index in [2.05, 4.69) is 37.3 Å². The van der Waals surface area contributed by atoms with Crippen LogP contribution in [0.25, 0.3) is 0 Å². The van der Waals surface area contributed by atoms with Crippen LogP contribution in [0.5, 0.6) is 0 Å². The summed E-state index contributed by atoms with van der Waals surface area (Å²) in [5.74, 6) is -0.0572. The molecule has 7 nitrogen and oxygen atoms in total. The van der Waals surface area contributed by atoms with E-state index in [0.29, 0.717) is 12.4 Å². The Morgan fingerprint density at radius 2 is 1.70 bits per heavy atom. The average Bonchev–Trinajstić information content (AvgIpc) is 3.12. The Kier molecular flexibility index (Phi) is 4.45. The molecule has 0 spiro atoms. The summed E-state index contributed by atoms with van der Waals surface area (Å²) in [7, 11) is 0. The molecular formula is C16H15N7. The standard InChI is InChI=1S/C16H15N7/c17-10-12(16-20-22-23-21-16)11-18-13-6-8-15(9-7-13)19-14-4-2-1-3-5-14/h1-9,12,18-19H,11H2,(H,20,21,22,23). The smallest absolute Gasteiger partial charge is 0.193 e. The van der Waals surface area contributed by atoms with Crippen LogP contribution in [0, 0.1) is 11.3 Å². The van der Waals surface area contributed by atoms with Crippen LogP contribution in [-0.2, 0) is 0 Å². The van der Waals surface area contributed by atoms with E-state index >= 15 is 0 Å². The van der Waals surface area contributed by atoms with Gasteiger partial charge in [-0.25, -0.2) is 0 Å². The van der Waals surface area contributed by atoms with Crippen molar-refractivity contribution in [3.05, 3.63) is 60.4 Å². The minimum atomic E-state index is -0.448. The number of H-pyrrole nitrogens is 1. The van der Waals surface area contributed by atoms with Crippen molar-refractivity contribution in [1.29, 1.82) is 5.26 Å². The topological polar surface area (TPSA) is 102 Å². The first-order valence-electron chi connectivity index (χ1n) is 7.14. The number of hydrogen-bond acceptors (Lipinski definition) is 6. The molecule has 0 saturated heterocycles. The van der Waals surface area contributed by atoms with Gasteiger partial charge < -0.3 is 10.6 Å². The summed E-state index contributed by atoms with van der Waals surface area (Å²) in [5.41, 5.74) is 2.96. The number of para-hydroxylation sites is 1. The lowest BCUT2D eigenvalue weighted by atomic mass is 10.1. The maximum Gasteiger partial charge on any atom is 0.193 e. The molecule has 0 aliphatic carbocycles. The summed E-state index contributed by atoms with van der Waals surface area (Å²) in [6.07, 6.45) is 0. The molecule has 2 aromatic carbocycles. The average molecular weight is 305 g/mol. The predicted molar refractivity (Wildman–Crippen MR) is 87.2 cm³/mol. The SMILES string of the molecule is N#CC(CNc1ccc(Nc2ccccc2)cc1)c1nn[nH]n1. The Labute approximate surface area is 133 Å². The van der Waals surface area contributed by atoms with Gasteiger partial charge in [0.2, 0.25) is 0 Å². The summed E-state index contributed by atoms with van der Waals surface area (Å²) in [6.45, 7) is 0.418. The lowest BCUT2D eigenvalue weighted by molar-refractivity contribution is 0.814. The number of nitrogens with zero attached hydrogens (tertiary/aromatic N) is 4. The fourth-order valence-corrected chi connectivity index (χ4v) is 2.09. The monoisotopic (exact) mass is 305 g/mol. The number of nitriles is 1. The molecule has 3 N–H and O–H groups in total. The van der Waals surface area contributed by atoms with Gasteiger partial charge >= 0.3 is 0 Å². The summed E-state index contributed by atoms with van der Waals surface area (Å²) in [5, 5.41) is 29.2. The second-order valence-corrected chi connectivity index (χ2v) is 4.90. The molecule has 3 aromatic rings. The van der Waals surface area contributed by atoms with E-state index in [4.69, 9.17) is 5.26 Å². The predicted octanol–water partition coefficient (Wildman–Crippen LogP) is 2.66. The van der Waals surface area contributed by atoms with Crippen LogP contribution in [0.1, 0.15) is 11.7 Å². The molecule has 0 aliphatic rings. The summed E-state index contributed by atoms with van der Waals surface area (Å²) in [6, 6.07) is 20.0. The molecule has 7 heteroatoms. The van der Waals surface area contributed by atoms with Crippen molar-refractivity contribution in [1.82, 2.24) is 20.6 Å². The molecule has 1 aromatic heterocycles. The Bertz CT molecular complexity index is 760. The molecule has 1 unspecified atom stereocenters. The summed E-state index contributed by atoms with van der Waals surface area (Å²) >= 11 is 0. The Hall–Kier alpha value is -3.40. The van der Waals surface area contributed by atoms with Gasteiger partial charge in [0.1, 0.15) is 5.92 Å². The third kappa shape index (κ3) is 3.83. The quantitative estimate of drug-likeness (QED) is 0.647. The molecule has 0 amide bonds. The van der Waals surface area contributed by atoms with Crippen LogP contribution in [0.4, 0.5) is 17.1 Å².